The SMILES string of the molecule is CNC(=O)c1ccc(NCc2cnc(C)cn2)nn1. The van der Waals surface area contributed by atoms with Gasteiger partial charge in [-0.05, 0) is 19.1 Å². The average molecular weight is 258 g/mol. The van der Waals surface area contributed by atoms with Gasteiger partial charge in [0.05, 0.1) is 24.1 Å². The summed E-state index contributed by atoms with van der Waals surface area (Å²) in [6, 6.07) is 3.30. The molecule has 0 aromatic carbocycles. The fourth-order valence-corrected chi connectivity index (χ4v) is 1.37. The van der Waals surface area contributed by atoms with Crippen LogP contribution in [-0.2, 0) is 6.54 Å². The zero-order chi connectivity index (χ0) is 13.7. The van der Waals surface area contributed by atoms with Gasteiger partial charge in [0.1, 0.15) is 5.82 Å². The van der Waals surface area contributed by atoms with Crippen LogP contribution in [0.1, 0.15) is 21.9 Å². The average Bonchev–Trinajstić information content (AvgIpc) is 2.46. The Morgan fingerprint density at radius 1 is 1.21 bits per heavy atom. The fourth-order valence-electron chi connectivity index (χ4n) is 1.37. The topological polar surface area (TPSA) is 92.7 Å². The second-order valence-electron chi connectivity index (χ2n) is 3.89. The Labute approximate surface area is 110 Å². The molecule has 0 saturated carbocycles. The van der Waals surface area contributed by atoms with Gasteiger partial charge < -0.3 is 10.6 Å². The van der Waals surface area contributed by atoms with Crippen LogP contribution in [0.2, 0.25) is 0 Å². The lowest BCUT2D eigenvalue weighted by molar-refractivity contribution is 0.0957. The normalized spacial score (nSPS) is 10.0. The first-order valence-corrected chi connectivity index (χ1v) is 5.76. The Kier molecular flexibility index (Phi) is 3.97. The summed E-state index contributed by atoms with van der Waals surface area (Å²) in [6.07, 6.45) is 3.41. The summed E-state index contributed by atoms with van der Waals surface area (Å²) in [5, 5.41) is 13.3. The maximum atomic E-state index is 11.3. The maximum absolute atomic E-state index is 11.3. The van der Waals surface area contributed by atoms with E-state index in [4.69, 9.17) is 0 Å². The van der Waals surface area contributed by atoms with E-state index in [0.717, 1.165) is 11.4 Å². The van der Waals surface area contributed by atoms with Crippen molar-refractivity contribution >= 4 is 11.7 Å². The molecule has 0 unspecified atom stereocenters. The molecule has 0 fully saturated rings. The minimum atomic E-state index is -0.261. The second kappa shape index (κ2) is 5.85. The number of hydrogen-bond donors (Lipinski definition) is 2. The van der Waals surface area contributed by atoms with Gasteiger partial charge in [-0.1, -0.05) is 0 Å². The Morgan fingerprint density at radius 2 is 2.05 bits per heavy atom. The third kappa shape index (κ3) is 3.44. The van der Waals surface area contributed by atoms with Gasteiger partial charge in [0.2, 0.25) is 0 Å². The van der Waals surface area contributed by atoms with Crippen molar-refractivity contribution in [2.45, 2.75) is 13.5 Å². The third-order valence-electron chi connectivity index (χ3n) is 2.41. The molecule has 2 rings (SSSR count). The van der Waals surface area contributed by atoms with E-state index in [1.807, 2.05) is 6.92 Å². The van der Waals surface area contributed by atoms with Crippen LogP contribution in [0.4, 0.5) is 5.82 Å². The molecular weight excluding hydrogens is 244 g/mol. The van der Waals surface area contributed by atoms with Gasteiger partial charge in [-0.3, -0.25) is 14.8 Å². The van der Waals surface area contributed by atoms with E-state index in [1.165, 1.54) is 0 Å². The van der Waals surface area contributed by atoms with Crippen LogP contribution in [0.5, 0.6) is 0 Å². The molecule has 7 heteroatoms. The molecule has 0 aliphatic carbocycles. The number of aromatic nitrogens is 4. The molecule has 1 amide bonds. The lowest BCUT2D eigenvalue weighted by Crippen LogP contribution is -2.19. The van der Waals surface area contributed by atoms with Crippen molar-refractivity contribution in [1.29, 1.82) is 0 Å². The number of rotatable bonds is 4. The monoisotopic (exact) mass is 258 g/mol. The number of nitrogens with one attached hydrogen (secondary N) is 2. The molecule has 2 aromatic rings. The van der Waals surface area contributed by atoms with E-state index in [0.29, 0.717) is 12.4 Å². The van der Waals surface area contributed by atoms with Gasteiger partial charge in [0.25, 0.3) is 5.91 Å². The molecule has 0 aliphatic rings. The van der Waals surface area contributed by atoms with Gasteiger partial charge in [-0.2, -0.15) is 0 Å². The van der Waals surface area contributed by atoms with Crippen LogP contribution in [-0.4, -0.2) is 33.1 Å². The summed E-state index contributed by atoms with van der Waals surface area (Å²) in [5.41, 5.74) is 1.96. The maximum Gasteiger partial charge on any atom is 0.271 e. The molecule has 7 nitrogen and oxygen atoms in total. The number of anilines is 1. The summed E-state index contributed by atoms with van der Waals surface area (Å²) in [7, 11) is 1.55. The van der Waals surface area contributed by atoms with Gasteiger partial charge in [-0.15, -0.1) is 10.2 Å². The van der Waals surface area contributed by atoms with E-state index in [-0.39, 0.29) is 11.6 Å². The smallest absolute Gasteiger partial charge is 0.271 e. The lowest BCUT2D eigenvalue weighted by Gasteiger charge is -2.04. The van der Waals surface area contributed by atoms with Gasteiger partial charge >= 0.3 is 0 Å². The van der Waals surface area contributed by atoms with Crippen LogP contribution in [0.15, 0.2) is 24.5 Å². The summed E-state index contributed by atoms with van der Waals surface area (Å²) >= 11 is 0. The first kappa shape index (κ1) is 12.9. The number of carbonyl (C=O) groups excluding carboxylic acids is 1. The van der Waals surface area contributed by atoms with Crippen LogP contribution in [0.25, 0.3) is 0 Å². The van der Waals surface area contributed by atoms with Gasteiger partial charge in [0.15, 0.2) is 5.69 Å². The molecule has 0 aliphatic heterocycles. The van der Waals surface area contributed by atoms with Crippen LogP contribution in [0, 0.1) is 6.92 Å². The lowest BCUT2D eigenvalue weighted by atomic mass is 10.3. The van der Waals surface area contributed by atoms with Crippen molar-refractivity contribution < 1.29 is 4.79 Å². The van der Waals surface area contributed by atoms with Crippen molar-refractivity contribution in [2.75, 3.05) is 12.4 Å². The minimum Gasteiger partial charge on any atom is -0.363 e. The van der Waals surface area contributed by atoms with Crippen molar-refractivity contribution in [3.63, 3.8) is 0 Å². The summed E-state index contributed by atoms with van der Waals surface area (Å²) in [6.45, 7) is 2.38. The highest BCUT2D eigenvalue weighted by Crippen LogP contribution is 2.04. The van der Waals surface area contributed by atoms with E-state index in [9.17, 15) is 4.79 Å². The summed E-state index contributed by atoms with van der Waals surface area (Å²) in [4.78, 5) is 19.6. The van der Waals surface area contributed by atoms with E-state index in [1.54, 1.807) is 31.6 Å². The molecule has 98 valence electrons. The van der Waals surface area contributed by atoms with Crippen molar-refractivity contribution in [2.24, 2.45) is 0 Å². The van der Waals surface area contributed by atoms with Crippen LogP contribution >= 0.6 is 0 Å². The van der Waals surface area contributed by atoms with Crippen LogP contribution < -0.4 is 10.6 Å². The largest absolute Gasteiger partial charge is 0.363 e. The fraction of sp³-hybridized carbons (Fsp3) is 0.250. The highest BCUT2D eigenvalue weighted by atomic mass is 16.1. The number of carbonyl (C=O) groups is 1. The molecule has 0 atom stereocenters. The molecule has 2 N–H and O–H groups in total. The first-order chi connectivity index (χ1) is 9.19. The molecule has 2 aromatic heterocycles. The minimum absolute atomic E-state index is 0.261. The molecule has 0 saturated heterocycles. The molecule has 0 bridgehead atoms. The van der Waals surface area contributed by atoms with E-state index in [2.05, 4.69) is 30.8 Å². The molecule has 19 heavy (non-hydrogen) atoms. The molecule has 0 radical (unpaired) electrons. The Morgan fingerprint density at radius 3 is 2.63 bits per heavy atom. The highest BCUT2D eigenvalue weighted by molar-refractivity contribution is 5.91. The molecule has 2 heterocycles. The van der Waals surface area contributed by atoms with E-state index < -0.39 is 0 Å². The van der Waals surface area contributed by atoms with E-state index >= 15 is 0 Å². The second-order valence-corrected chi connectivity index (χ2v) is 3.89. The highest BCUT2D eigenvalue weighted by Gasteiger charge is 2.05. The van der Waals surface area contributed by atoms with Crippen LogP contribution in [0.3, 0.4) is 0 Å². The quantitative estimate of drug-likeness (QED) is 0.831. The standard InChI is InChI=1S/C12H14N6O/c1-8-5-15-9(6-14-8)7-16-11-4-3-10(17-18-11)12(19)13-2/h3-6H,7H2,1-2H3,(H,13,19)(H,16,18). The van der Waals surface area contributed by atoms with Gasteiger partial charge in [0, 0.05) is 13.2 Å². The number of nitrogens with zero attached hydrogens (tertiary/aromatic N) is 4. The van der Waals surface area contributed by atoms with Crippen molar-refractivity contribution in [3.8, 4) is 0 Å². The Hall–Kier alpha value is -2.57. The Balaban J connectivity index is 1.96. The summed E-state index contributed by atoms with van der Waals surface area (Å²) < 4.78 is 0. The van der Waals surface area contributed by atoms with Crippen molar-refractivity contribution in [1.82, 2.24) is 25.5 Å². The predicted octanol–water partition coefficient (Wildman–Crippen LogP) is 0.547. The zero-order valence-corrected chi connectivity index (χ0v) is 10.7. The first-order valence-electron chi connectivity index (χ1n) is 5.76. The van der Waals surface area contributed by atoms with Gasteiger partial charge in [-0.25, -0.2) is 0 Å². The number of amides is 1. The molecule has 0 spiro atoms. The predicted molar refractivity (Wildman–Crippen MR) is 69.5 cm³/mol. The number of hydrogen-bond acceptors (Lipinski definition) is 6. The summed E-state index contributed by atoms with van der Waals surface area (Å²) in [5.74, 6) is 0.318. The molecular formula is C12H14N6O. The number of aryl methyl sites for hydroxylation is 1. The van der Waals surface area contributed by atoms with Crippen molar-refractivity contribution in [3.05, 3.63) is 41.6 Å². The Bertz CT molecular complexity index is 551. The zero-order valence-electron chi connectivity index (χ0n) is 10.7. The third-order valence-corrected chi connectivity index (χ3v) is 2.41.